The lowest BCUT2D eigenvalue weighted by Gasteiger charge is -2.38. The molecule has 1 amide bonds. The molecule has 0 unspecified atom stereocenters. The standard InChI is InChI=1S/C19H29NO4S/c1-4-20(18-8-6-5-7-15(18)2)19(21)16-9-11-17(12-10-16)25(22,23)14-13-24-3/h9-12,15,18H,4-8,13-14H2,1-3H3/t15-,18+/m1/s1. The van der Waals surface area contributed by atoms with Crippen molar-refractivity contribution < 1.29 is 17.9 Å². The van der Waals surface area contributed by atoms with Crippen molar-refractivity contribution in [3.05, 3.63) is 29.8 Å². The van der Waals surface area contributed by atoms with Crippen molar-refractivity contribution in [3.63, 3.8) is 0 Å². The number of carbonyl (C=O) groups excluding carboxylic acids is 1. The molecule has 0 spiro atoms. The van der Waals surface area contributed by atoms with E-state index in [1.165, 1.54) is 25.7 Å². The van der Waals surface area contributed by atoms with E-state index in [1.807, 2.05) is 11.8 Å². The van der Waals surface area contributed by atoms with Crippen molar-refractivity contribution >= 4 is 15.7 Å². The third kappa shape index (κ3) is 4.82. The molecule has 25 heavy (non-hydrogen) atoms. The van der Waals surface area contributed by atoms with Crippen LogP contribution in [0.1, 0.15) is 49.9 Å². The van der Waals surface area contributed by atoms with Gasteiger partial charge in [0.1, 0.15) is 0 Å². The fraction of sp³-hybridized carbons (Fsp3) is 0.632. The molecule has 0 bridgehead atoms. The highest BCUT2D eigenvalue weighted by molar-refractivity contribution is 7.91. The Morgan fingerprint density at radius 3 is 2.40 bits per heavy atom. The molecular formula is C19H29NO4S. The van der Waals surface area contributed by atoms with E-state index < -0.39 is 9.84 Å². The zero-order valence-corrected chi connectivity index (χ0v) is 16.2. The molecule has 6 heteroatoms. The zero-order chi connectivity index (χ0) is 18.4. The van der Waals surface area contributed by atoms with Gasteiger partial charge < -0.3 is 9.64 Å². The molecule has 1 saturated carbocycles. The van der Waals surface area contributed by atoms with Crippen LogP contribution in [0.4, 0.5) is 0 Å². The molecule has 2 rings (SSSR count). The Balaban J connectivity index is 2.16. The Kier molecular flexibility index (Phi) is 7.02. The van der Waals surface area contributed by atoms with Gasteiger partial charge in [0.05, 0.1) is 17.3 Å². The number of benzene rings is 1. The normalized spacial score (nSPS) is 21.1. The van der Waals surface area contributed by atoms with Crippen LogP contribution in [0, 0.1) is 5.92 Å². The number of methoxy groups -OCH3 is 1. The Morgan fingerprint density at radius 1 is 1.20 bits per heavy atom. The van der Waals surface area contributed by atoms with Crippen LogP contribution in [0.5, 0.6) is 0 Å². The second-order valence-electron chi connectivity index (χ2n) is 6.76. The Morgan fingerprint density at radius 2 is 1.84 bits per heavy atom. The first-order valence-corrected chi connectivity index (χ1v) is 10.7. The molecule has 0 aromatic heterocycles. The van der Waals surface area contributed by atoms with E-state index in [-0.39, 0.29) is 29.2 Å². The van der Waals surface area contributed by atoms with E-state index in [1.54, 1.807) is 12.1 Å². The minimum Gasteiger partial charge on any atom is -0.384 e. The first-order chi connectivity index (χ1) is 11.9. The molecule has 0 radical (unpaired) electrons. The van der Waals surface area contributed by atoms with Gasteiger partial charge in [0, 0.05) is 25.3 Å². The van der Waals surface area contributed by atoms with E-state index in [9.17, 15) is 13.2 Å². The maximum atomic E-state index is 12.9. The van der Waals surface area contributed by atoms with Gasteiger partial charge in [-0.2, -0.15) is 0 Å². The molecule has 1 aliphatic rings. The van der Waals surface area contributed by atoms with Crippen LogP contribution in [0.2, 0.25) is 0 Å². The summed E-state index contributed by atoms with van der Waals surface area (Å²) in [6.07, 6.45) is 4.60. The first-order valence-electron chi connectivity index (χ1n) is 9.03. The van der Waals surface area contributed by atoms with E-state index >= 15 is 0 Å². The molecule has 1 aromatic rings. The Labute approximate surface area is 151 Å². The Bertz CT molecular complexity index is 669. The molecule has 0 aliphatic heterocycles. The van der Waals surface area contributed by atoms with E-state index in [0.717, 1.165) is 19.3 Å². The molecule has 2 atom stereocenters. The SMILES string of the molecule is CCN(C(=O)c1ccc(S(=O)(=O)CCOC)cc1)[C@H]1CCCC[C@H]1C. The molecule has 0 saturated heterocycles. The van der Waals surface area contributed by atoms with Crippen LogP contribution in [-0.4, -0.2) is 51.3 Å². The number of hydrogen-bond donors (Lipinski definition) is 0. The van der Waals surface area contributed by atoms with Crippen molar-refractivity contribution in [2.45, 2.75) is 50.5 Å². The summed E-state index contributed by atoms with van der Waals surface area (Å²) in [5, 5.41) is 0. The van der Waals surface area contributed by atoms with Crippen molar-refractivity contribution in [1.82, 2.24) is 4.90 Å². The highest BCUT2D eigenvalue weighted by atomic mass is 32.2. The number of ether oxygens (including phenoxy) is 1. The average Bonchev–Trinajstić information content (AvgIpc) is 2.62. The minimum absolute atomic E-state index is 0.0120. The summed E-state index contributed by atoms with van der Waals surface area (Å²) in [6, 6.07) is 6.57. The van der Waals surface area contributed by atoms with Gasteiger partial charge in [-0.3, -0.25) is 4.79 Å². The highest BCUT2D eigenvalue weighted by Gasteiger charge is 2.30. The maximum Gasteiger partial charge on any atom is 0.254 e. The zero-order valence-electron chi connectivity index (χ0n) is 15.4. The molecule has 1 aromatic carbocycles. The summed E-state index contributed by atoms with van der Waals surface area (Å²) in [4.78, 5) is 15.1. The smallest absolute Gasteiger partial charge is 0.254 e. The molecular weight excluding hydrogens is 338 g/mol. The van der Waals surface area contributed by atoms with Crippen molar-refractivity contribution in [3.8, 4) is 0 Å². The van der Waals surface area contributed by atoms with Gasteiger partial charge in [0.25, 0.3) is 5.91 Å². The van der Waals surface area contributed by atoms with Crippen molar-refractivity contribution in [2.75, 3.05) is 26.0 Å². The quantitative estimate of drug-likeness (QED) is 0.743. The summed E-state index contributed by atoms with van der Waals surface area (Å²) in [5.74, 6) is 0.436. The second kappa shape index (κ2) is 8.81. The predicted molar refractivity (Wildman–Crippen MR) is 98.5 cm³/mol. The lowest BCUT2D eigenvalue weighted by atomic mass is 9.84. The monoisotopic (exact) mass is 367 g/mol. The molecule has 5 nitrogen and oxygen atoms in total. The summed E-state index contributed by atoms with van der Waals surface area (Å²) in [6.45, 7) is 5.04. The number of amides is 1. The number of nitrogens with zero attached hydrogens (tertiary/aromatic N) is 1. The Hall–Kier alpha value is -1.40. The van der Waals surface area contributed by atoms with Crippen molar-refractivity contribution in [1.29, 1.82) is 0 Å². The average molecular weight is 368 g/mol. The van der Waals surface area contributed by atoms with Gasteiger partial charge in [-0.05, 0) is 49.9 Å². The van der Waals surface area contributed by atoms with Crippen LogP contribution < -0.4 is 0 Å². The maximum absolute atomic E-state index is 12.9. The highest BCUT2D eigenvalue weighted by Crippen LogP contribution is 2.29. The van der Waals surface area contributed by atoms with Crippen molar-refractivity contribution in [2.24, 2.45) is 5.92 Å². The lowest BCUT2D eigenvalue weighted by molar-refractivity contribution is 0.0569. The van der Waals surface area contributed by atoms with Crippen LogP contribution in [0.3, 0.4) is 0 Å². The molecule has 0 heterocycles. The third-order valence-corrected chi connectivity index (χ3v) is 6.78. The van der Waals surface area contributed by atoms with E-state index in [0.29, 0.717) is 18.0 Å². The summed E-state index contributed by atoms with van der Waals surface area (Å²) >= 11 is 0. The molecule has 140 valence electrons. The largest absolute Gasteiger partial charge is 0.384 e. The van der Waals surface area contributed by atoms with E-state index in [2.05, 4.69) is 6.92 Å². The van der Waals surface area contributed by atoms with Crippen LogP contribution >= 0.6 is 0 Å². The lowest BCUT2D eigenvalue weighted by Crippen LogP contribution is -2.45. The van der Waals surface area contributed by atoms with Gasteiger partial charge in [0.15, 0.2) is 9.84 Å². The topological polar surface area (TPSA) is 63.7 Å². The predicted octanol–water partition coefficient (Wildman–Crippen LogP) is 3.15. The first kappa shape index (κ1) is 19.9. The number of rotatable bonds is 7. The minimum atomic E-state index is -3.37. The fourth-order valence-electron chi connectivity index (χ4n) is 3.57. The van der Waals surface area contributed by atoms with Crippen LogP contribution in [0.15, 0.2) is 29.2 Å². The van der Waals surface area contributed by atoms with Gasteiger partial charge >= 0.3 is 0 Å². The molecule has 0 N–H and O–H groups in total. The summed E-state index contributed by atoms with van der Waals surface area (Å²) < 4.78 is 29.2. The molecule has 1 fully saturated rings. The van der Waals surface area contributed by atoms with Gasteiger partial charge in [-0.15, -0.1) is 0 Å². The molecule has 1 aliphatic carbocycles. The van der Waals surface area contributed by atoms with Gasteiger partial charge in [0.2, 0.25) is 0 Å². The second-order valence-corrected chi connectivity index (χ2v) is 8.87. The fourth-order valence-corrected chi connectivity index (χ4v) is 4.74. The van der Waals surface area contributed by atoms with Gasteiger partial charge in [-0.1, -0.05) is 19.8 Å². The van der Waals surface area contributed by atoms with Crippen LogP contribution in [-0.2, 0) is 14.6 Å². The number of carbonyl (C=O) groups is 1. The summed E-state index contributed by atoms with van der Waals surface area (Å²) in [5.41, 5.74) is 0.547. The van der Waals surface area contributed by atoms with E-state index in [4.69, 9.17) is 4.74 Å². The number of hydrogen-bond acceptors (Lipinski definition) is 4. The summed E-state index contributed by atoms with van der Waals surface area (Å²) in [7, 11) is -1.89. The number of sulfone groups is 1. The van der Waals surface area contributed by atoms with Gasteiger partial charge in [-0.25, -0.2) is 8.42 Å². The third-order valence-electron chi connectivity index (χ3n) is 5.08. The van der Waals surface area contributed by atoms with Crippen LogP contribution in [0.25, 0.3) is 0 Å².